The Hall–Kier alpha value is -2.30. The number of carbonyl (C=O) groups excluding carboxylic acids is 2. The molecule has 1 aromatic carbocycles. The van der Waals surface area contributed by atoms with Gasteiger partial charge in [0.2, 0.25) is 5.91 Å². The lowest BCUT2D eigenvalue weighted by Crippen LogP contribution is -2.38. The molecular formula is C19H27N3O2. The number of hydrogen-bond acceptors (Lipinski definition) is 3. The molecule has 0 unspecified atom stereocenters. The van der Waals surface area contributed by atoms with Gasteiger partial charge in [0.15, 0.2) is 0 Å². The highest BCUT2D eigenvalue weighted by Gasteiger charge is 2.16. The van der Waals surface area contributed by atoms with E-state index in [2.05, 4.69) is 17.2 Å². The molecule has 5 heteroatoms. The first kappa shape index (κ1) is 18.0. The first-order chi connectivity index (χ1) is 11.7. The smallest absolute Gasteiger partial charge is 0.253 e. The molecule has 1 saturated heterocycles. The van der Waals surface area contributed by atoms with E-state index in [1.165, 1.54) is 19.3 Å². The van der Waals surface area contributed by atoms with Crippen LogP contribution < -0.4 is 10.6 Å². The Morgan fingerprint density at radius 3 is 2.46 bits per heavy atom. The van der Waals surface area contributed by atoms with Gasteiger partial charge in [-0.3, -0.25) is 9.59 Å². The van der Waals surface area contributed by atoms with Crippen molar-refractivity contribution in [3.05, 3.63) is 42.5 Å². The van der Waals surface area contributed by atoms with Crippen LogP contribution in [0, 0.1) is 0 Å². The summed E-state index contributed by atoms with van der Waals surface area (Å²) in [5.74, 6) is -0.0742. The Morgan fingerprint density at radius 1 is 1.08 bits per heavy atom. The van der Waals surface area contributed by atoms with Gasteiger partial charge in [0.25, 0.3) is 5.91 Å². The largest absolute Gasteiger partial charge is 0.376 e. The molecule has 2 N–H and O–H groups in total. The van der Waals surface area contributed by atoms with Crippen molar-refractivity contribution in [2.75, 3.05) is 31.5 Å². The molecule has 0 spiro atoms. The van der Waals surface area contributed by atoms with E-state index in [4.69, 9.17) is 0 Å². The number of para-hydroxylation sites is 1. The quantitative estimate of drug-likeness (QED) is 0.789. The van der Waals surface area contributed by atoms with Gasteiger partial charge in [-0.25, -0.2) is 0 Å². The van der Waals surface area contributed by atoms with Crippen LogP contribution in [0.1, 0.15) is 42.5 Å². The predicted octanol–water partition coefficient (Wildman–Crippen LogP) is 2.81. The molecule has 1 aromatic rings. The Morgan fingerprint density at radius 2 is 1.75 bits per heavy atom. The highest BCUT2D eigenvalue weighted by molar-refractivity contribution is 6.00. The van der Waals surface area contributed by atoms with Crippen LogP contribution in [-0.4, -0.2) is 42.9 Å². The second-order valence-electron chi connectivity index (χ2n) is 6.05. The fourth-order valence-corrected chi connectivity index (χ4v) is 2.87. The van der Waals surface area contributed by atoms with Gasteiger partial charge < -0.3 is 15.5 Å². The van der Waals surface area contributed by atoms with Crippen LogP contribution >= 0.6 is 0 Å². The SMILES string of the molecule is C=CCNC(=O)c1ccccc1NCC(=O)N1CCCCCCC1. The van der Waals surface area contributed by atoms with Crippen LogP contribution in [0.15, 0.2) is 36.9 Å². The first-order valence-electron chi connectivity index (χ1n) is 8.72. The fourth-order valence-electron chi connectivity index (χ4n) is 2.87. The first-order valence-corrected chi connectivity index (χ1v) is 8.72. The van der Waals surface area contributed by atoms with Gasteiger partial charge in [0, 0.05) is 25.3 Å². The van der Waals surface area contributed by atoms with Crippen molar-refractivity contribution in [1.82, 2.24) is 10.2 Å². The number of hydrogen-bond donors (Lipinski definition) is 2. The summed E-state index contributed by atoms with van der Waals surface area (Å²) >= 11 is 0. The van der Waals surface area contributed by atoms with E-state index in [0.29, 0.717) is 17.8 Å². The summed E-state index contributed by atoms with van der Waals surface area (Å²) in [7, 11) is 0. The maximum absolute atomic E-state index is 12.4. The minimum Gasteiger partial charge on any atom is -0.376 e. The van der Waals surface area contributed by atoms with Crippen molar-refractivity contribution in [2.45, 2.75) is 32.1 Å². The van der Waals surface area contributed by atoms with Crippen molar-refractivity contribution in [3.8, 4) is 0 Å². The summed E-state index contributed by atoms with van der Waals surface area (Å²) in [6, 6.07) is 7.24. The van der Waals surface area contributed by atoms with Gasteiger partial charge in [-0.1, -0.05) is 37.5 Å². The van der Waals surface area contributed by atoms with Crippen molar-refractivity contribution < 1.29 is 9.59 Å². The predicted molar refractivity (Wildman–Crippen MR) is 97.1 cm³/mol. The van der Waals surface area contributed by atoms with Gasteiger partial charge in [0.1, 0.15) is 0 Å². The van der Waals surface area contributed by atoms with Crippen LogP contribution in [-0.2, 0) is 4.79 Å². The van der Waals surface area contributed by atoms with Gasteiger partial charge in [-0.15, -0.1) is 6.58 Å². The maximum Gasteiger partial charge on any atom is 0.253 e. The topological polar surface area (TPSA) is 61.4 Å². The minimum atomic E-state index is -0.170. The lowest BCUT2D eigenvalue weighted by atomic mass is 10.1. The van der Waals surface area contributed by atoms with E-state index in [-0.39, 0.29) is 18.4 Å². The number of likely N-dealkylation sites (tertiary alicyclic amines) is 1. The van der Waals surface area contributed by atoms with E-state index < -0.39 is 0 Å². The normalized spacial score (nSPS) is 15.1. The lowest BCUT2D eigenvalue weighted by molar-refractivity contribution is -0.129. The van der Waals surface area contributed by atoms with Crippen LogP contribution in [0.4, 0.5) is 5.69 Å². The molecule has 1 aliphatic rings. The molecule has 0 radical (unpaired) electrons. The third kappa shape index (κ3) is 5.41. The summed E-state index contributed by atoms with van der Waals surface area (Å²) in [5.41, 5.74) is 1.22. The summed E-state index contributed by atoms with van der Waals surface area (Å²) < 4.78 is 0. The Labute approximate surface area is 144 Å². The molecule has 0 saturated carbocycles. The zero-order chi connectivity index (χ0) is 17.2. The summed E-state index contributed by atoms with van der Waals surface area (Å²) in [6.45, 7) is 5.89. The molecule has 1 heterocycles. The third-order valence-electron chi connectivity index (χ3n) is 4.22. The molecule has 5 nitrogen and oxygen atoms in total. The summed E-state index contributed by atoms with van der Waals surface area (Å²) in [6.07, 6.45) is 7.46. The van der Waals surface area contributed by atoms with Crippen LogP contribution in [0.3, 0.4) is 0 Å². The molecule has 0 atom stereocenters. The van der Waals surface area contributed by atoms with Crippen LogP contribution in [0.5, 0.6) is 0 Å². The number of rotatable bonds is 6. The Kier molecular flexibility index (Phi) is 7.33. The molecule has 0 aliphatic carbocycles. The van der Waals surface area contributed by atoms with Gasteiger partial charge in [0.05, 0.1) is 12.1 Å². The molecular weight excluding hydrogens is 302 g/mol. The highest BCUT2D eigenvalue weighted by Crippen LogP contribution is 2.15. The van der Waals surface area contributed by atoms with Crippen molar-refractivity contribution in [1.29, 1.82) is 0 Å². The van der Waals surface area contributed by atoms with Crippen molar-refractivity contribution in [2.24, 2.45) is 0 Å². The van der Waals surface area contributed by atoms with Gasteiger partial charge in [-0.05, 0) is 25.0 Å². The molecule has 0 aromatic heterocycles. The van der Waals surface area contributed by atoms with E-state index >= 15 is 0 Å². The molecule has 1 fully saturated rings. The van der Waals surface area contributed by atoms with E-state index in [1.807, 2.05) is 23.1 Å². The summed E-state index contributed by atoms with van der Waals surface area (Å²) in [4.78, 5) is 26.5. The zero-order valence-corrected chi connectivity index (χ0v) is 14.2. The average Bonchev–Trinajstić information content (AvgIpc) is 2.57. The van der Waals surface area contributed by atoms with Gasteiger partial charge in [-0.2, -0.15) is 0 Å². The minimum absolute atomic E-state index is 0.0956. The number of anilines is 1. The van der Waals surface area contributed by atoms with Crippen molar-refractivity contribution >= 4 is 17.5 Å². The molecule has 2 rings (SSSR count). The Bertz CT molecular complexity index is 563. The standard InChI is InChI=1S/C19H27N3O2/c1-2-12-20-19(24)16-10-6-7-11-17(16)21-15-18(23)22-13-8-4-3-5-9-14-22/h2,6-7,10-11,21H,1,3-5,8-9,12-15H2,(H,20,24). The average molecular weight is 329 g/mol. The Balaban J connectivity index is 1.94. The summed E-state index contributed by atoms with van der Waals surface area (Å²) in [5, 5.41) is 5.89. The van der Waals surface area contributed by atoms with E-state index in [1.54, 1.807) is 12.1 Å². The number of carbonyl (C=O) groups is 2. The maximum atomic E-state index is 12.4. The number of amides is 2. The number of benzene rings is 1. The van der Waals surface area contributed by atoms with Crippen molar-refractivity contribution in [3.63, 3.8) is 0 Å². The lowest BCUT2D eigenvalue weighted by Gasteiger charge is -2.25. The van der Waals surface area contributed by atoms with Crippen LogP contribution in [0.25, 0.3) is 0 Å². The third-order valence-corrected chi connectivity index (χ3v) is 4.22. The monoisotopic (exact) mass is 329 g/mol. The number of nitrogens with zero attached hydrogens (tertiary/aromatic N) is 1. The highest BCUT2D eigenvalue weighted by atomic mass is 16.2. The fraction of sp³-hybridized carbons (Fsp3) is 0.474. The molecule has 24 heavy (non-hydrogen) atoms. The van der Waals surface area contributed by atoms with Crippen LogP contribution in [0.2, 0.25) is 0 Å². The molecule has 0 bridgehead atoms. The second kappa shape index (κ2) is 9.75. The zero-order valence-electron chi connectivity index (χ0n) is 14.2. The molecule has 2 amide bonds. The molecule has 130 valence electrons. The van der Waals surface area contributed by atoms with E-state index in [9.17, 15) is 9.59 Å². The van der Waals surface area contributed by atoms with Gasteiger partial charge >= 0.3 is 0 Å². The molecule has 1 aliphatic heterocycles. The second-order valence-corrected chi connectivity index (χ2v) is 6.05. The van der Waals surface area contributed by atoms with E-state index in [0.717, 1.165) is 25.9 Å². The number of nitrogens with one attached hydrogen (secondary N) is 2.